The molecule has 1 aromatic carbocycles. The van der Waals surface area contributed by atoms with Crippen molar-refractivity contribution in [2.45, 2.75) is 18.9 Å². The lowest BCUT2D eigenvalue weighted by Gasteiger charge is -2.11. The van der Waals surface area contributed by atoms with E-state index in [-0.39, 0.29) is 0 Å². The molecule has 0 aliphatic carbocycles. The van der Waals surface area contributed by atoms with Crippen molar-refractivity contribution in [1.82, 2.24) is 0 Å². The molecule has 0 aromatic heterocycles. The molecule has 0 bridgehead atoms. The van der Waals surface area contributed by atoms with Crippen LogP contribution in [0.1, 0.15) is 12.8 Å². The molecule has 1 unspecified atom stereocenters. The Morgan fingerprint density at radius 2 is 2.15 bits per heavy atom. The average Bonchev–Trinajstić information content (AvgIpc) is 2.69. The van der Waals surface area contributed by atoms with E-state index in [1.807, 2.05) is 18.2 Å². The highest BCUT2D eigenvalue weighted by Crippen LogP contribution is 2.13. The first-order valence-electron chi connectivity index (χ1n) is 4.86. The Balaban J connectivity index is 1.79. The number of rotatable bonds is 3. The number of hydrogen-bond donors (Lipinski definition) is 1. The van der Waals surface area contributed by atoms with Gasteiger partial charge < -0.3 is 10.1 Å². The molecule has 2 nitrogen and oxygen atoms in total. The van der Waals surface area contributed by atoms with E-state index in [0.29, 0.717) is 6.10 Å². The standard InChI is InChI=1S/C11H15NO/c1-2-5-10(6-3-1)12-9-11-7-4-8-13-11/h1-3,5-6,11-12H,4,7-9H2. The highest BCUT2D eigenvalue weighted by atomic mass is 16.5. The summed E-state index contributed by atoms with van der Waals surface area (Å²) in [7, 11) is 0. The minimum Gasteiger partial charge on any atom is -0.382 e. The fourth-order valence-corrected chi connectivity index (χ4v) is 1.59. The van der Waals surface area contributed by atoms with Crippen molar-refractivity contribution in [3.63, 3.8) is 0 Å². The van der Waals surface area contributed by atoms with E-state index in [9.17, 15) is 0 Å². The first-order chi connectivity index (χ1) is 6.45. The second-order valence-corrected chi connectivity index (χ2v) is 3.38. The van der Waals surface area contributed by atoms with Gasteiger partial charge in [-0.05, 0) is 25.0 Å². The van der Waals surface area contributed by atoms with E-state index in [1.165, 1.54) is 18.5 Å². The van der Waals surface area contributed by atoms with Gasteiger partial charge in [-0.3, -0.25) is 0 Å². The predicted molar refractivity (Wildman–Crippen MR) is 53.9 cm³/mol. The predicted octanol–water partition coefficient (Wildman–Crippen LogP) is 2.28. The van der Waals surface area contributed by atoms with Crippen LogP contribution in [-0.2, 0) is 4.74 Å². The Labute approximate surface area is 78.9 Å². The van der Waals surface area contributed by atoms with Crippen molar-refractivity contribution in [2.75, 3.05) is 18.5 Å². The number of anilines is 1. The fourth-order valence-electron chi connectivity index (χ4n) is 1.59. The molecule has 70 valence electrons. The van der Waals surface area contributed by atoms with Gasteiger partial charge in [-0.15, -0.1) is 0 Å². The molecule has 0 amide bonds. The summed E-state index contributed by atoms with van der Waals surface area (Å²) in [6.45, 7) is 1.87. The zero-order chi connectivity index (χ0) is 8.93. The lowest BCUT2D eigenvalue weighted by molar-refractivity contribution is 0.120. The van der Waals surface area contributed by atoms with Crippen LogP contribution in [0, 0.1) is 0 Å². The van der Waals surface area contributed by atoms with Crippen LogP contribution < -0.4 is 5.32 Å². The molecule has 13 heavy (non-hydrogen) atoms. The van der Waals surface area contributed by atoms with Crippen LogP contribution in [0.15, 0.2) is 30.3 Å². The van der Waals surface area contributed by atoms with E-state index < -0.39 is 0 Å². The maximum atomic E-state index is 5.51. The third-order valence-electron chi connectivity index (χ3n) is 2.33. The summed E-state index contributed by atoms with van der Waals surface area (Å²) < 4.78 is 5.51. The lowest BCUT2D eigenvalue weighted by Crippen LogP contribution is -2.18. The highest BCUT2D eigenvalue weighted by molar-refractivity contribution is 5.42. The van der Waals surface area contributed by atoms with Gasteiger partial charge in [-0.2, -0.15) is 0 Å². The first kappa shape index (κ1) is 8.57. The van der Waals surface area contributed by atoms with Gasteiger partial charge in [0, 0.05) is 18.8 Å². The van der Waals surface area contributed by atoms with Gasteiger partial charge in [0.1, 0.15) is 0 Å². The molecule has 1 aromatic rings. The number of ether oxygens (including phenoxy) is 1. The first-order valence-corrected chi connectivity index (χ1v) is 4.86. The molecule has 1 aliphatic rings. The molecule has 0 spiro atoms. The van der Waals surface area contributed by atoms with Crippen LogP contribution in [0.5, 0.6) is 0 Å². The van der Waals surface area contributed by atoms with E-state index in [0.717, 1.165) is 13.2 Å². The zero-order valence-corrected chi connectivity index (χ0v) is 7.70. The van der Waals surface area contributed by atoms with Crippen molar-refractivity contribution < 1.29 is 4.74 Å². The van der Waals surface area contributed by atoms with Gasteiger partial charge in [0.25, 0.3) is 0 Å². The topological polar surface area (TPSA) is 21.3 Å². The van der Waals surface area contributed by atoms with Crippen LogP contribution in [0.2, 0.25) is 0 Å². The van der Waals surface area contributed by atoms with Gasteiger partial charge in [0.2, 0.25) is 0 Å². The van der Waals surface area contributed by atoms with Crippen LogP contribution >= 0.6 is 0 Å². The number of nitrogens with one attached hydrogen (secondary N) is 1. The summed E-state index contributed by atoms with van der Waals surface area (Å²) in [6.07, 6.45) is 2.82. The van der Waals surface area contributed by atoms with Gasteiger partial charge >= 0.3 is 0 Å². The Morgan fingerprint density at radius 1 is 1.31 bits per heavy atom. The van der Waals surface area contributed by atoms with E-state index in [4.69, 9.17) is 4.74 Å². The van der Waals surface area contributed by atoms with Crippen LogP contribution in [0.25, 0.3) is 0 Å². The molecule has 1 atom stereocenters. The number of benzene rings is 1. The maximum absolute atomic E-state index is 5.51. The monoisotopic (exact) mass is 177 g/mol. The third-order valence-corrected chi connectivity index (χ3v) is 2.33. The molecule has 1 aliphatic heterocycles. The Morgan fingerprint density at radius 3 is 2.85 bits per heavy atom. The highest BCUT2D eigenvalue weighted by Gasteiger charge is 2.14. The van der Waals surface area contributed by atoms with Crippen LogP contribution in [0.4, 0.5) is 5.69 Å². The fraction of sp³-hybridized carbons (Fsp3) is 0.455. The quantitative estimate of drug-likeness (QED) is 0.764. The smallest absolute Gasteiger partial charge is 0.0748 e. The molecule has 0 saturated carbocycles. The average molecular weight is 177 g/mol. The summed E-state index contributed by atoms with van der Waals surface area (Å²) in [4.78, 5) is 0. The van der Waals surface area contributed by atoms with E-state index in [1.54, 1.807) is 0 Å². The third kappa shape index (κ3) is 2.46. The largest absolute Gasteiger partial charge is 0.382 e. The van der Waals surface area contributed by atoms with Crippen LogP contribution in [-0.4, -0.2) is 19.3 Å². The summed E-state index contributed by atoms with van der Waals surface area (Å²) in [6, 6.07) is 10.3. The van der Waals surface area contributed by atoms with Gasteiger partial charge in [0.15, 0.2) is 0 Å². The number of hydrogen-bond acceptors (Lipinski definition) is 2. The van der Waals surface area contributed by atoms with Crippen molar-refractivity contribution in [2.24, 2.45) is 0 Å². The Hall–Kier alpha value is -1.02. The minimum atomic E-state index is 0.417. The van der Waals surface area contributed by atoms with Gasteiger partial charge in [-0.25, -0.2) is 0 Å². The maximum Gasteiger partial charge on any atom is 0.0748 e. The Kier molecular flexibility index (Phi) is 2.82. The van der Waals surface area contributed by atoms with Crippen LogP contribution in [0.3, 0.4) is 0 Å². The summed E-state index contributed by atoms with van der Waals surface area (Å²) in [5, 5.41) is 3.36. The molecular formula is C11H15NO. The van der Waals surface area contributed by atoms with Crippen molar-refractivity contribution in [1.29, 1.82) is 0 Å². The van der Waals surface area contributed by atoms with Crippen molar-refractivity contribution >= 4 is 5.69 Å². The molecule has 0 radical (unpaired) electrons. The minimum absolute atomic E-state index is 0.417. The van der Waals surface area contributed by atoms with Crippen molar-refractivity contribution in [3.05, 3.63) is 30.3 Å². The normalized spacial score (nSPS) is 21.7. The molecule has 1 heterocycles. The molecule has 1 N–H and O–H groups in total. The Bertz CT molecular complexity index is 242. The summed E-state index contributed by atoms with van der Waals surface area (Å²) in [5.74, 6) is 0. The molecule has 2 heteroatoms. The molecular weight excluding hydrogens is 162 g/mol. The zero-order valence-electron chi connectivity index (χ0n) is 7.70. The molecule has 2 rings (SSSR count). The van der Waals surface area contributed by atoms with Gasteiger partial charge in [-0.1, -0.05) is 18.2 Å². The summed E-state index contributed by atoms with van der Waals surface area (Å²) in [5.41, 5.74) is 1.18. The summed E-state index contributed by atoms with van der Waals surface area (Å²) >= 11 is 0. The van der Waals surface area contributed by atoms with Crippen molar-refractivity contribution in [3.8, 4) is 0 Å². The molecule has 1 saturated heterocycles. The second kappa shape index (κ2) is 4.28. The lowest BCUT2D eigenvalue weighted by atomic mass is 10.2. The van der Waals surface area contributed by atoms with E-state index in [2.05, 4.69) is 17.4 Å². The molecule has 1 fully saturated rings. The SMILES string of the molecule is c1ccc(NCC2CCCO2)cc1. The van der Waals surface area contributed by atoms with Gasteiger partial charge in [0.05, 0.1) is 6.10 Å². The van der Waals surface area contributed by atoms with E-state index >= 15 is 0 Å². The second-order valence-electron chi connectivity index (χ2n) is 3.38. The number of para-hydroxylation sites is 1.